The Balaban J connectivity index is 1.80. The van der Waals surface area contributed by atoms with Gasteiger partial charge in [0.15, 0.2) is 0 Å². The molecule has 0 bridgehead atoms. The Morgan fingerprint density at radius 3 is 2.86 bits per heavy atom. The van der Waals surface area contributed by atoms with Gasteiger partial charge in [-0.2, -0.15) is 0 Å². The second kappa shape index (κ2) is 5.31. The molecule has 0 radical (unpaired) electrons. The predicted octanol–water partition coefficient (Wildman–Crippen LogP) is 0.209. The van der Waals surface area contributed by atoms with Gasteiger partial charge in [-0.1, -0.05) is 6.07 Å². The highest BCUT2D eigenvalue weighted by molar-refractivity contribution is 5.95. The van der Waals surface area contributed by atoms with Crippen molar-refractivity contribution in [2.24, 2.45) is 5.92 Å². The number of carboxylic acid groups (broad SMARTS) is 1. The molecule has 8 nitrogen and oxygen atoms in total. The van der Waals surface area contributed by atoms with Crippen molar-refractivity contribution in [2.75, 3.05) is 13.1 Å². The molecule has 108 valence electrons. The van der Waals surface area contributed by atoms with E-state index < -0.39 is 11.9 Å². The minimum Gasteiger partial charge on any atom is -0.481 e. The fraction of sp³-hybridized carbons (Fsp3) is 0.308. The Hall–Kier alpha value is -2.77. The Morgan fingerprint density at radius 1 is 1.33 bits per heavy atom. The molecule has 2 aromatic rings. The maximum atomic E-state index is 12.4. The topological polar surface area (TPSA) is 101 Å². The molecule has 1 unspecified atom stereocenters. The van der Waals surface area contributed by atoms with Gasteiger partial charge in [-0.05, 0) is 35.0 Å². The van der Waals surface area contributed by atoms with Crippen LogP contribution in [0, 0.1) is 5.92 Å². The molecule has 1 aliphatic heterocycles. The highest BCUT2D eigenvalue weighted by Gasteiger charge is 2.31. The lowest BCUT2D eigenvalue weighted by molar-refractivity contribution is -0.141. The molecular weight excluding hydrogens is 274 g/mol. The van der Waals surface area contributed by atoms with E-state index in [1.807, 2.05) is 0 Å². The quantitative estimate of drug-likeness (QED) is 0.866. The highest BCUT2D eigenvalue weighted by Crippen LogP contribution is 2.19. The molecule has 21 heavy (non-hydrogen) atoms. The number of amides is 1. The van der Waals surface area contributed by atoms with E-state index in [0.29, 0.717) is 24.2 Å². The minimum absolute atomic E-state index is 0.173. The van der Waals surface area contributed by atoms with Gasteiger partial charge >= 0.3 is 5.97 Å². The summed E-state index contributed by atoms with van der Waals surface area (Å²) in [6.45, 7) is 0.716. The maximum absolute atomic E-state index is 12.4. The molecule has 2 heterocycles. The zero-order valence-corrected chi connectivity index (χ0v) is 11.1. The third-order valence-corrected chi connectivity index (χ3v) is 3.53. The number of benzene rings is 1. The maximum Gasteiger partial charge on any atom is 0.308 e. The van der Waals surface area contributed by atoms with Gasteiger partial charge in [0.25, 0.3) is 5.91 Å². The summed E-state index contributed by atoms with van der Waals surface area (Å²) in [4.78, 5) is 24.9. The van der Waals surface area contributed by atoms with Crippen LogP contribution in [0.25, 0.3) is 5.69 Å². The van der Waals surface area contributed by atoms with E-state index in [1.165, 1.54) is 11.0 Å². The summed E-state index contributed by atoms with van der Waals surface area (Å²) in [5, 5.41) is 19.9. The van der Waals surface area contributed by atoms with Crippen molar-refractivity contribution in [3.8, 4) is 5.69 Å². The molecule has 3 rings (SSSR count). The van der Waals surface area contributed by atoms with Crippen molar-refractivity contribution in [3.63, 3.8) is 0 Å². The van der Waals surface area contributed by atoms with Crippen LogP contribution >= 0.6 is 0 Å². The van der Waals surface area contributed by atoms with Crippen molar-refractivity contribution >= 4 is 11.9 Å². The first kappa shape index (κ1) is 13.2. The van der Waals surface area contributed by atoms with Crippen molar-refractivity contribution in [1.82, 2.24) is 25.1 Å². The average molecular weight is 287 g/mol. The largest absolute Gasteiger partial charge is 0.481 e. The lowest BCUT2D eigenvalue weighted by Gasteiger charge is -2.16. The van der Waals surface area contributed by atoms with Crippen molar-refractivity contribution in [3.05, 3.63) is 36.2 Å². The molecule has 1 aromatic carbocycles. The predicted molar refractivity (Wildman–Crippen MR) is 70.8 cm³/mol. The number of likely N-dealkylation sites (tertiary alicyclic amines) is 1. The number of nitrogens with zero attached hydrogens (tertiary/aromatic N) is 5. The van der Waals surface area contributed by atoms with Gasteiger partial charge < -0.3 is 10.0 Å². The zero-order chi connectivity index (χ0) is 14.8. The van der Waals surface area contributed by atoms with Gasteiger partial charge in [0.2, 0.25) is 0 Å². The number of carboxylic acids is 1. The van der Waals surface area contributed by atoms with Crippen LogP contribution in [0.3, 0.4) is 0 Å². The van der Waals surface area contributed by atoms with E-state index in [9.17, 15) is 9.59 Å². The van der Waals surface area contributed by atoms with E-state index >= 15 is 0 Å². The van der Waals surface area contributed by atoms with Crippen molar-refractivity contribution in [2.45, 2.75) is 6.42 Å². The third kappa shape index (κ3) is 2.60. The standard InChI is InChI=1S/C13H13N5O3/c19-12(17-5-4-10(7-17)13(20)21)9-2-1-3-11(6-9)18-8-14-15-16-18/h1-3,6,8,10H,4-5,7H2,(H,20,21). The number of aliphatic carboxylic acids is 1. The summed E-state index contributed by atoms with van der Waals surface area (Å²) >= 11 is 0. The molecule has 8 heteroatoms. The number of carbonyl (C=O) groups excluding carboxylic acids is 1. The molecule has 1 aromatic heterocycles. The number of hydrogen-bond acceptors (Lipinski definition) is 5. The van der Waals surface area contributed by atoms with Gasteiger partial charge in [-0.3, -0.25) is 9.59 Å². The van der Waals surface area contributed by atoms with Crippen molar-refractivity contribution < 1.29 is 14.7 Å². The van der Waals surface area contributed by atoms with Crippen LogP contribution in [-0.4, -0.2) is 55.2 Å². The van der Waals surface area contributed by atoms with Gasteiger partial charge in [-0.25, -0.2) is 4.68 Å². The number of hydrogen-bond donors (Lipinski definition) is 1. The lowest BCUT2D eigenvalue weighted by Crippen LogP contribution is -2.30. The SMILES string of the molecule is O=C(O)C1CCN(C(=O)c2cccc(-n3cnnn3)c2)C1. The van der Waals surface area contributed by atoms with Gasteiger partial charge in [0, 0.05) is 18.7 Å². The van der Waals surface area contributed by atoms with Crippen LogP contribution < -0.4 is 0 Å². The first-order valence-electron chi connectivity index (χ1n) is 6.50. The van der Waals surface area contributed by atoms with Crippen LogP contribution in [0.4, 0.5) is 0 Å². The first-order valence-corrected chi connectivity index (χ1v) is 6.50. The number of carbonyl (C=O) groups is 2. The summed E-state index contributed by atoms with van der Waals surface area (Å²) in [6, 6.07) is 6.92. The van der Waals surface area contributed by atoms with E-state index in [0.717, 1.165) is 0 Å². The Kier molecular flexibility index (Phi) is 3.35. The zero-order valence-electron chi connectivity index (χ0n) is 11.1. The molecule has 1 saturated heterocycles. The second-order valence-electron chi connectivity index (χ2n) is 4.88. The van der Waals surface area contributed by atoms with Crippen LogP contribution in [0.15, 0.2) is 30.6 Å². The molecule has 0 aliphatic carbocycles. The first-order chi connectivity index (χ1) is 10.1. The summed E-state index contributed by atoms with van der Waals surface area (Å²) in [7, 11) is 0. The molecule has 0 saturated carbocycles. The molecular formula is C13H13N5O3. The highest BCUT2D eigenvalue weighted by atomic mass is 16.4. The molecule has 0 spiro atoms. The van der Waals surface area contributed by atoms with Crippen LogP contribution in [0.5, 0.6) is 0 Å². The van der Waals surface area contributed by atoms with Crippen molar-refractivity contribution in [1.29, 1.82) is 0 Å². The summed E-state index contributed by atoms with van der Waals surface area (Å²) < 4.78 is 1.46. The lowest BCUT2D eigenvalue weighted by atomic mass is 10.1. The summed E-state index contributed by atoms with van der Waals surface area (Å²) in [5.41, 5.74) is 1.17. The molecule has 1 atom stereocenters. The van der Waals surface area contributed by atoms with Crippen LogP contribution in [0.2, 0.25) is 0 Å². The van der Waals surface area contributed by atoms with E-state index in [1.54, 1.807) is 29.2 Å². The van der Waals surface area contributed by atoms with Gasteiger partial charge in [0.05, 0.1) is 11.6 Å². The molecule has 1 amide bonds. The number of rotatable bonds is 3. The van der Waals surface area contributed by atoms with E-state index in [4.69, 9.17) is 5.11 Å². The van der Waals surface area contributed by atoms with Crippen LogP contribution in [0.1, 0.15) is 16.8 Å². The number of aromatic nitrogens is 4. The van der Waals surface area contributed by atoms with E-state index in [2.05, 4.69) is 15.5 Å². The van der Waals surface area contributed by atoms with Gasteiger partial charge in [0.1, 0.15) is 6.33 Å². The third-order valence-electron chi connectivity index (χ3n) is 3.53. The van der Waals surface area contributed by atoms with Gasteiger partial charge in [-0.15, -0.1) is 5.10 Å². The Bertz CT molecular complexity index is 670. The summed E-state index contributed by atoms with van der Waals surface area (Å²) in [6.07, 6.45) is 1.94. The number of tetrazole rings is 1. The fourth-order valence-corrected chi connectivity index (χ4v) is 2.39. The second-order valence-corrected chi connectivity index (χ2v) is 4.88. The molecule has 1 fully saturated rings. The smallest absolute Gasteiger partial charge is 0.308 e. The molecule has 1 N–H and O–H groups in total. The van der Waals surface area contributed by atoms with E-state index in [-0.39, 0.29) is 12.5 Å². The monoisotopic (exact) mass is 287 g/mol. The minimum atomic E-state index is -0.854. The normalized spacial score (nSPS) is 17.9. The Morgan fingerprint density at radius 2 is 2.19 bits per heavy atom. The average Bonchev–Trinajstić information content (AvgIpc) is 3.18. The summed E-state index contributed by atoms with van der Waals surface area (Å²) in [5.74, 6) is -1.50. The molecule has 1 aliphatic rings. The Labute approximate surface area is 120 Å². The fourth-order valence-electron chi connectivity index (χ4n) is 2.39. The van der Waals surface area contributed by atoms with Crippen LogP contribution in [-0.2, 0) is 4.79 Å².